The Hall–Kier alpha value is -2.56. The van der Waals surface area contributed by atoms with Gasteiger partial charge in [0.2, 0.25) is 6.10 Å². The van der Waals surface area contributed by atoms with Gasteiger partial charge in [0.15, 0.2) is 11.5 Å². The summed E-state index contributed by atoms with van der Waals surface area (Å²) in [5.74, 6) is 1.65. The van der Waals surface area contributed by atoms with Gasteiger partial charge in [-0.25, -0.2) is 15.1 Å². The normalized spacial score (nSPS) is 16.6. The first-order valence-electron chi connectivity index (χ1n) is 6.40. The number of carbonyl (C=O) groups is 1. The van der Waals surface area contributed by atoms with Gasteiger partial charge in [0, 0.05) is 6.07 Å². The predicted molar refractivity (Wildman–Crippen MR) is 72.7 cm³/mol. The fourth-order valence-electron chi connectivity index (χ4n) is 1.94. The van der Waals surface area contributed by atoms with Crippen molar-refractivity contribution in [1.29, 1.82) is 0 Å². The minimum absolute atomic E-state index is 0.203. The van der Waals surface area contributed by atoms with Gasteiger partial charge in [0.25, 0.3) is 5.82 Å². The largest absolute Gasteiger partial charge is 0.485 e. The summed E-state index contributed by atoms with van der Waals surface area (Å²) in [6.07, 6.45) is 1.17. The summed E-state index contributed by atoms with van der Waals surface area (Å²) in [4.78, 5) is 15.1. The number of ether oxygens (including phenoxy) is 2. The van der Waals surface area contributed by atoms with Crippen LogP contribution in [0.2, 0.25) is 0 Å². The van der Waals surface area contributed by atoms with Crippen molar-refractivity contribution in [2.75, 3.05) is 11.9 Å². The molecule has 5 nitrogen and oxygen atoms in total. The molecule has 1 aliphatic heterocycles. The molecule has 1 aliphatic rings. The molecule has 102 valence electrons. The highest BCUT2D eigenvalue weighted by Crippen LogP contribution is 2.30. The number of benzene rings is 1. The van der Waals surface area contributed by atoms with E-state index in [-0.39, 0.29) is 12.5 Å². The molecule has 1 aromatic heterocycles. The number of amides is 1. The number of fused-ring (bicyclic) bond motifs is 1. The molecule has 0 saturated carbocycles. The Morgan fingerprint density at radius 1 is 1.25 bits per heavy atom. The van der Waals surface area contributed by atoms with Crippen molar-refractivity contribution in [3.8, 4) is 11.5 Å². The Morgan fingerprint density at radius 2 is 2.05 bits per heavy atom. The summed E-state index contributed by atoms with van der Waals surface area (Å²) >= 11 is 0. The van der Waals surface area contributed by atoms with Crippen molar-refractivity contribution in [2.24, 2.45) is 0 Å². The third-order valence-electron chi connectivity index (χ3n) is 3.03. The number of hydrogen-bond acceptors (Lipinski definition) is 3. The van der Waals surface area contributed by atoms with E-state index in [1.807, 2.05) is 43.5 Å². The molecule has 1 aromatic carbocycles. The molecule has 20 heavy (non-hydrogen) atoms. The average molecular weight is 271 g/mol. The number of para-hydroxylation sites is 2. The number of rotatable bonds is 2. The molecule has 1 unspecified atom stereocenters. The van der Waals surface area contributed by atoms with E-state index in [1.165, 1.54) is 0 Å². The van der Waals surface area contributed by atoms with Crippen molar-refractivity contribution in [3.63, 3.8) is 0 Å². The summed E-state index contributed by atoms with van der Waals surface area (Å²) in [6.45, 7) is 2.17. The second-order valence-corrected chi connectivity index (χ2v) is 4.63. The highest BCUT2D eigenvalue weighted by Gasteiger charge is 2.30. The fraction of sp³-hybridized carbons (Fsp3) is 0.200. The molecule has 0 radical (unpaired) electrons. The molecule has 1 amide bonds. The van der Waals surface area contributed by atoms with Gasteiger partial charge in [-0.05, 0) is 30.7 Å². The number of aromatic amines is 1. The van der Waals surface area contributed by atoms with Gasteiger partial charge in [-0.15, -0.1) is 0 Å². The number of carbonyl (C=O) groups excluding carboxylic acids is 1. The van der Waals surface area contributed by atoms with E-state index in [0.29, 0.717) is 17.3 Å². The quantitative estimate of drug-likeness (QED) is 0.902. The van der Waals surface area contributed by atoms with Crippen molar-refractivity contribution in [1.82, 2.24) is 0 Å². The molecule has 2 N–H and O–H groups in total. The van der Waals surface area contributed by atoms with Gasteiger partial charge >= 0.3 is 5.91 Å². The van der Waals surface area contributed by atoms with Gasteiger partial charge in [0.05, 0.1) is 6.20 Å². The van der Waals surface area contributed by atoms with Crippen LogP contribution < -0.4 is 19.8 Å². The van der Waals surface area contributed by atoms with Crippen LogP contribution >= 0.6 is 0 Å². The number of anilines is 1. The molecule has 2 heterocycles. The molecular formula is C15H15N2O3+. The maximum absolute atomic E-state index is 12.1. The van der Waals surface area contributed by atoms with E-state index in [0.717, 1.165) is 5.56 Å². The van der Waals surface area contributed by atoms with E-state index >= 15 is 0 Å². The van der Waals surface area contributed by atoms with E-state index in [2.05, 4.69) is 10.3 Å². The van der Waals surface area contributed by atoms with Crippen LogP contribution in [0.3, 0.4) is 0 Å². The minimum atomic E-state index is -0.653. The second kappa shape index (κ2) is 5.21. The van der Waals surface area contributed by atoms with Crippen LogP contribution in [0.15, 0.2) is 42.6 Å². The zero-order valence-corrected chi connectivity index (χ0v) is 11.1. The number of H-pyrrole nitrogens is 1. The lowest BCUT2D eigenvalue weighted by atomic mass is 10.2. The van der Waals surface area contributed by atoms with Gasteiger partial charge in [-0.3, -0.25) is 0 Å². The van der Waals surface area contributed by atoms with E-state index in [4.69, 9.17) is 9.47 Å². The molecule has 2 aromatic rings. The highest BCUT2D eigenvalue weighted by molar-refractivity contribution is 5.93. The van der Waals surface area contributed by atoms with Crippen LogP contribution in [0.4, 0.5) is 5.82 Å². The van der Waals surface area contributed by atoms with Crippen molar-refractivity contribution in [2.45, 2.75) is 13.0 Å². The summed E-state index contributed by atoms with van der Waals surface area (Å²) < 4.78 is 11.2. The van der Waals surface area contributed by atoms with Gasteiger partial charge in [0.1, 0.15) is 6.61 Å². The van der Waals surface area contributed by atoms with Gasteiger partial charge < -0.3 is 9.47 Å². The predicted octanol–water partition coefficient (Wildman–Crippen LogP) is 1.59. The zero-order chi connectivity index (χ0) is 13.9. The summed E-state index contributed by atoms with van der Waals surface area (Å²) in [5.41, 5.74) is 1.09. The third-order valence-corrected chi connectivity index (χ3v) is 3.03. The van der Waals surface area contributed by atoms with Crippen LogP contribution in [-0.2, 0) is 4.79 Å². The second-order valence-electron chi connectivity index (χ2n) is 4.63. The number of pyridine rings is 1. The van der Waals surface area contributed by atoms with Crippen LogP contribution in [0.1, 0.15) is 5.56 Å². The first-order valence-corrected chi connectivity index (χ1v) is 6.40. The Morgan fingerprint density at radius 3 is 2.80 bits per heavy atom. The standard InChI is InChI=1S/C15H14N2O3/c1-10-6-7-14(16-8-10)17-15(18)13-9-19-11-4-2-3-5-12(11)20-13/h2-8,13H,9H2,1H3,(H,16,17,18)/p+1. The number of aromatic nitrogens is 1. The molecule has 0 spiro atoms. The summed E-state index contributed by atoms with van der Waals surface area (Å²) in [5, 5.41) is 2.77. The highest BCUT2D eigenvalue weighted by atomic mass is 16.6. The molecule has 0 bridgehead atoms. The molecule has 5 heteroatoms. The first kappa shape index (κ1) is 12.5. The maximum atomic E-state index is 12.1. The van der Waals surface area contributed by atoms with Crippen molar-refractivity contribution >= 4 is 11.7 Å². The Labute approximate surface area is 116 Å². The lowest BCUT2D eigenvalue weighted by Gasteiger charge is -2.23. The number of hydrogen-bond donors (Lipinski definition) is 1. The van der Waals surface area contributed by atoms with E-state index in [9.17, 15) is 4.79 Å². The molecule has 0 saturated heterocycles. The lowest BCUT2D eigenvalue weighted by Crippen LogP contribution is -2.41. The molecule has 0 fully saturated rings. The monoisotopic (exact) mass is 271 g/mol. The zero-order valence-electron chi connectivity index (χ0n) is 11.1. The first-order chi connectivity index (χ1) is 9.72. The summed E-state index contributed by atoms with van der Waals surface area (Å²) in [7, 11) is 0. The van der Waals surface area contributed by atoms with E-state index < -0.39 is 6.10 Å². The van der Waals surface area contributed by atoms with Gasteiger partial charge in [-0.2, -0.15) is 0 Å². The van der Waals surface area contributed by atoms with Gasteiger partial charge in [-0.1, -0.05) is 12.1 Å². The molecule has 1 atom stereocenters. The Kier molecular flexibility index (Phi) is 3.25. The van der Waals surface area contributed by atoms with Crippen LogP contribution in [0, 0.1) is 6.92 Å². The topological polar surface area (TPSA) is 61.7 Å². The fourth-order valence-corrected chi connectivity index (χ4v) is 1.94. The maximum Gasteiger partial charge on any atom is 0.351 e. The van der Waals surface area contributed by atoms with E-state index in [1.54, 1.807) is 6.07 Å². The Bertz CT molecular complexity index is 625. The molecular weight excluding hydrogens is 256 g/mol. The smallest absolute Gasteiger partial charge is 0.351 e. The van der Waals surface area contributed by atoms with Crippen LogP contribution in [0.5, 0.6) is 11.5 Å². The lowest BCUT2D eigenvalue weighted by molar-refractivity contribution is -0.361. The third kappa shape index (κ3) is 2.56. The van der Waals surface area contributed by atoms with Crippen molar-refractivity contribution in [3.05, 3.63) is 48.2 Å². The SMILES string of the molecule is Cc1ccc(NC(=O)C2COc3ccccc3O2)[nH+]c1. The number of nitrogens with one attached hydrogen (secondary N) is 2. The van der Waals surface area contributed by atoms with Crippen molar-refractivity contribution < 1.29 is 19.3 Å². The molecule has 3 rings (SSSR count). The summed E-state index contributed by atoms with van der Waals surface area (Å²) in [6, 6.07) is 11.0. The van der Waals surface area contributed by atoms with Crippen LogP contribution in [0.25, 0.3) is 0 Å². The average Bonchev–Trinajstić information content (AvgIpc) is 2.49. The molecule has 0 aliphatic carbocycles. The van der Waals surface area contributed by atoms with Crippen LogP contribution in [-0.4, -0.2) is 18.6 Å². The minimum Gasteiger partial charge on any atom is -0.485 e. The number of aryl methyl sites for hydroxylation is 1. The Balaban J connectivity index is 1.68.